The summed E-state index contributed by atoms with van der Waals surface area (Å²) in [6.07, 6.45) is 7.11. The quantitative estimate of drug-likeness (QED) is 0.486. The normalized spacial score (nSPS) is 23.9. The zero-order chi connectivity index (χ0) is 21.0. The number of piperidine rings is 1. The second-order valence-corrected chi connectivity index (χ2v) is 8.69. The van der Waals surface area contributed by atoms with Crippen molar-refractivity contribution in [3.05, 3.63) is 65.7 Å². The Morgan fingerprint density at radius 2 is 1.87 bits per heavy atom. The number of imide groups is 1. The molecule has 1 heterocycles. The first-order valence-electron chi connectivity index (χ1n) is 11.2. The second kappa shape index (κ2) is 9.03. The molecule has 0 spiro atoms. The SMILES string of the molecule is COc1cccc([C@]23CCCC[C@H]2C(=O)N(CCCCc2ccccc2)C(=O)C3)c1. The van der Waals surface area contributed by atoms with E-state index in [0.29, 0.717) is 13.0 Å². The van der Waals surface area contributed by atoms with Gasteiger partial charge >= 0.3 is 0 Å². The molecule has 2 atom stereocenters. The van der Waals surface area contributed by atoms with Gasteiger partial charge in [0.1, 0.15) is 5.75 Å². The number of hydrogen-bond donors (Lipinski definition) is 0. The van der Waals surface area contributed by atoms with Gasteiger partial charge < -0.3 is 4.74 Å². The highest BCUT2D eigenvalue weighted by atomic mass is 16.5. The van der Waals surface area contributed by atoms with E-state index >= 15 is 0 Å². The summed E-state index contributed by atoms with van der Waals surface area (Å²) in [7, 11) is 1.66. The molecule has 1 aliphatic carbocycles. The Morgan fingerprint density at radius 1 is 1.03 bits per heavy atom. The maximum Gasteiger partial charge on any atom is 0.233 e. The van der Waals surface area contributed by atoms with Crippen LogP contribution in [0.15, 0.2) is 54.6 Å². The van der Waals surface area contributed by atoms with E-state index in [4.69, 9.17) is 4.74 Å². The Balaban J connectivity index is 1.47. The topological polar surface area (TPSA) is 46.6 Å². The number of nitrogens with zero attached hydrogens (tertiary/aromatic N) is 1. The molecule has 2 aromatic rings. The van der Waals surface area contributed by atoms with Gasteiger partial charge in [-0.25, -0.2) is 0 Å². The minimum Gasteiger partial charge on any atom is -0.497 e. The van der Waals surface area contributed by atoms with Crippen molar-refractivity contribution in [2.45, 2.75) is 56.8 Å². The van der Waals surface area contributed by atoms with Gasteiger partial charge in [0.2, 0.25) is 11.8 Å². The Hall–Kier alpha value is -2.62. The van der Waals surface area contributed by atoms with Crippen molar-refractivity contribution in [1.82, 2.24) is 4.90 Å². The van der Waals surface area contributed by atoms with Crippen molar-refractivity contribution in [2.24, 2.45) is 5.92 Å². The average molecular weight is 406 g/mol. The number of likely N-dealkylation sites (tertiary alicyclic amines) is 1. The van der Waals surface area contributed by atoms with Crippen LogP contribution in [-0.2, 0) is 21.4 Å². The molecule has 1 saturated carbocycles. The third kappa shape index (κ3) is 4.00. The molecule has 4 rings (SSSR count). The van der Waals surface area contributed by atoms with Gasteiger partial charge in [0.25, 0.3) is 0 Å². The summed E-state index contributed by atoms with van der Waals surface area (Å²) in [6, 6.07) is 18.4. The molecular weight excluding hydrogens is 374 g/mol. The van der Waals surface area contributed by atoms with E-state index in [2.05, 4.69) is 18.2 Å². The molecule has 1 aliphatic heterocycles. The van der Waals surface area contributed by atoms with Crippen LogP contribution in [0.5, 0.6) is 5.75 Å². The molecule has 4 heteroatoms. The molecule has 2 amide bonds. The summed E-state index contributed by atoms with van der Waals surface area (Å²) in [4.78, 5) is 28.1. The smallest absolute Gasteiger partial charge is 0.233 e. The zero-order valence-electron chi connectivity index (χ0n) is 17.8. The number of unbranched alkanes of at least 4 members (excludes halogenated alkanes) is 1. The fourth-order valence-corrected chi connectivity index (χ4v) is 5.35. The van der Waals surface area contributed by atoms with Gasteiger partial charge in [-0.2, -0.15) is 0 Å². The summed E-state index contributed by atoms with van der Waals surface area (Å²) < 4.78 is 5.42. The lowest BCUT2D eigenvalue weighted by molar-refractivity contribution is -0.158. The summed E-state index contributed by atoms with van der Waals surface area (Å²) in [5, 5.41) is 0. The van der Waals surface area contributed by atoms with Crippen LogP contribution in [0.1, 0.15) is 56.1 Å². The lowest BCUT2D eigenvalue weighted by Crippen LogP contribution is -2.57. The number of fused-ring (bicyclic) bond motifs is 1. The molecule has 0 bridgehead atoms. The largest absolute Gasteiger partial charge is 0.497 e. The van der Waals surface area contributed by atoms with E-state index in [1.165, 1.54) is 5.56 Å². The first-order chi connectivity index (χ1) is 14.6. The molecule has 158 valence electrons. The number of carbonyl (C=O) groups is 2. The number of aryl methyl sites for hydroxylation is 1. The van der Waals surface area contributed by atoms with Crippen molar-refractivity contribution in [3.8, 4) is 5.75 Å². The summed E-state index contributed by atoms with van der Waals surface area (Å²) >= 11 is 0. The van der Waals surface area contributed by atoms with Crippen LogP contribution in [-0.4, -0.2) is 30.4 Å². The third-order valence-electron chi connectivity index (χ3n) is 6.95. The number of methoxy groups -OCH3 is 1. The summed E-state index contributed by atoms with van der Waals surface area (Å²) in [5.74, 6) is 0.703. The standard InChI is InChI=1S/C26H31NO3/c1-30-22-14-9-13-21(18-22)26-16-7-5-15-23(26)25(29)27(24(28)19-26)17-8-6-12-20-10-3-2-4-11-20/h2-4,9-11,13-14,18,23H,5-8,12,15-17,19H2,1H3/t23-,26+/m0/s1. The lowest BCUT2D eigenvalue weighted by atomic mass is 9.58. The highest BCUT2D eigenvalue weighted by Crippen LogP contribution is 2.50. The van der Waals surface area contributed by atoms with Crippen LogP contribution in [0.4, 0.5) is 0 Å². The summed E-state index contributed by atoms with van der Waals surface area (Å²) in [5.41, 5.74) is 2.01. The molecule has 0 N–H and O–H groups in total. The van der Waals surface area contributed by atoms with E-state index in [0.717, 1.165) is 56.3 Å². The summed E-state index contributed by atoms with van der Waals surface area (Å²) in [6.45, 7) is 0.537. The molecule has 0 unspecified atom stereocenters. The molecule has 4 nitrogen and oxygen atoms in total. The molecule has 2 aliphatic rings. The minimum absolute atomic E-state index is 0.0133. The van der Waals surface area contributed by atoms with Crippen molar-refractivity contribution in [3.63, 3.8) is 0 Å². The van der Waals surface area contributed by atoms with Crippen LogP contribution in [0.3, 0.4) is 0 Å². The number of hydrogen-bond acceptors (Lipinski definition) is 3. The van der Waals surface area contributed by atoms with Crippen molar-refractivity contribution >= 4 is 11.8 Å². The van der Waals surface area contributed by atoms with E-state index in [-0.39, 0.29) is 23.1 Å². The molecule has 30 heavy (non-hydrogen) atoms. The van der Waals surface area contributed by atoms with Gasteiger partial charge in [0, 0.05) is 24.3 Å². The lowest BCUT2D eigenvalue weighted by Gasteiger charge is -2.49. The van der Waals surface area contributed by atoms with Gasteiger partial charge in [0.05, 0.1) is 7.11 Å². The molecular formula is C26H31NO3. The fraction of sp³-hybridized carbons (Fsp3) is 0.462. The predicted octanol–water partition coefficient (Wildman–Crippen LogP) is 4.91. The van der Waals surface area contributed by atoms with Gasteiger partial charge in [0.15, 0.2) is 0 Å². The Labute approximate surface area is 179 Å². The second-order valence-electron chi connectivity index (χ2n) is 8.69. The first-order valence-corrected chi connectivity index (χ1v) is 11.2. The Bertz CT molecular complexity index is 894. The van der Waals surface area contributed by atoms with Gasteiger partial charge in [-0.1, -0.05) is 55.3 Å². The molecule has 0 radical (unpaired) electrons. The number of amides is 2. The maximum atomic E-state index is 13.4. The van der Waals surface area contributed by atoms with Crippen LogP contribution < -0.4 is 4.74 Å². The predicted molar refractivity (Wildman–Crippen MR) is 117 cm³/mol. The fourth-order valence-electron chi connectivity index (χ4n) is 5.35. The zero-order valence-corrected chi connectivity index (χ0v) is 17.8. The molecule has 2 fully saturated rings. The number of carbonyl (C=O) groups excluding carboxylic acids is 2. The maximum absolute atomic E-state index is 13.4. The van der Waals surface area contributed by atoms with Crippen molar-refractivity contribution in [1.29, 1.82) is 0 Å². The molecule has 2 aromatic carbocycles. The van der Waals surface area contributed by atoms with Crippen LogP contribution >= 0.6 is 0 Å². The van der Waals surface area contributed by atoms with Gasteiger partial charge in [-0.15, -0.1) is 0 Å². The van der Waals surface area contributed by atoms with E-state index < -0.39 is 0 Å². The molecule has 0 aromatic heterocycles. The Morgan fingerprint density at radius 3 is 2.67 bits per heavy atom. The van der Waals surface area contributed by atoms with Crippen molar-refractivity contribution < 1.29 is 14.3 Å². The van der Waals surface area contributed by atoms with E-state index in [9.17, 15) is 9.59 Å². The van der Waals surface area contributed by atoms with Crippen molar-refractivity contribution in [2.75, 3.05) is 13.7 Å². The molecule has 1 saturated heterocycles. The van der Waals surface area contributed by atoms with Gasteiger partial charge in [-0.05, 0) is 55.4 Å². The van der Waals surface area contributed by atoms with E-state index in [1.807, 2.05) is 36.4 Å². The highest BCUT2D eigenvalue weighted by Gasteiger charge is 2.53. The Kier molecular flexibility index (Phi) is 6.21. The third-order valence-corrected chi connectivity index (χ3v) is 6.95. The monoisotopic (exact) mass is 405 g/mol. The van der Waals surface area contributed by atoms with Crippen LogP contribution in [0.25, 0.3) is 0 Å². The first kappa shape index (κ1) is 20.6. The van der Waals surface area contributed by atoms with Crippen LogP contribution in [0.2, 0.25) is 0 Å². The van der Waals surface area contributed by atoms with Gasteiger partial charge in [-0.3, -0.25) is 14.5 Å². The number of ether oxygens (including phenoxy) is 1. The van der Waals surface area contributed by atoms with E-state index in [1.54, 1.807) is 12.0 Å². The number of rotatable bonds is 7. The number of benzene rings is 2. The van der Waals surface area contributed by atoms with Crippen LogP contribution in [0, 0.1) is 5.92 Å². The average Bonchev–Trinajstić information content (AvgIpc) is 2.79. The highest BCUT2D eigenvalue weighted by molar-refractivity contribution is 6.01. The minimum atomic E-state index is -0.374.